The number of carbonyl (C=O) groups excluding carboxylic acids is 2. The summed E-state index contributed by atoms with van der Waals surface area (Å²) in [6.07, 6.45) is 5.03. The topological polar surface area (TPSA) is 80.6 Å². The fraction of sp³-hybridized carbons (Fsp3) is 0.391. The highest BCUT2D eigenvalue weighted by atomic mass is 16.5. The molecule has 3 aromatic rings. The number of ether oxygens (including phenoxy) is 1. The van der Waals surface area contributed by atoms with Crippen molar-refractivity contribution in [2.45, 2.75) is 25.0 Å². The number of amides is 2. The van der Waals surface area contributed by atoms with Gasteiger partial charge < -0.3 is 19.1 Å². The molecule has 0 aliphatic carbocycles. The van der Waals surface area contributed by atoms with Crippen LogP contribution in [0.4, 0.5) is 0 Å². The normalized spacial score (nSPS) is 21.4. The van der Waals surface area contributed by atoms with Crippen molar-refractivity contribution in [3.63, 3.8) is 0 Å². The molecule has 2 saturated heterocycles. The van der Waals surface area contributed by atoms with Gasteiger partial charge in [-0.15, -0.1) is 0 Å². The predicted octanol–water partition coefficient (Wildman–Crippen LogP) is 1.75. The third-order valence-electron chi connectivity index (χ3n) is 6.24. The van der Waals surface area contributed by atoms with Gasteiger partial charge in [-0.05, 0) is 24.5 Å². The van der Waals surface area contributed by atoms with E-state index in [9.17, 15) is 9.59 Å². The number of imidazole rings is 1. The molecule has 1 unspecified atom stereocenters. The second-order valence-electron chi connectivity index (χ2n) is 8.44. The Kier molecular flexibility index (Phi) is 4.94. The molecule has 0 saturated carbocycles. The number of hydrogen-bond acceptors (Lipinski definition) is 5. The molecule has 1 spiro atoms. The van der Waals surface area contributed by atoms with E-state index in [4.69, 9.17) is 4.74 Å². The first kappa shape index (κ1) is 19.7. The van der Waals surface area contributed by atoms with Crippen molar-refractivity contribution in [2.75, 3.05) is 33.3 Å². The van der Waals surface area contributed by atoms with Crippen molar-refractivity contribution in [1.82, 2.24) is 24.3 Å². The first-order valence-corrected chi connectivity index (χ1v) is 10.6. The zero-order chi connectivity index (χ0) is 21.4. The number of fused-ring (bicyclic) bond motifs is 1. The minimum absolute atomic E-state index is 0.0205. The van der Waals surface area contributed by atoms with E-state index < -0.39 is 5.60 Å². The van der Waals surface area contributed by atoms with Gasteiger partial charge >= 0.3 is 0 Å². The highest BCUT2D eigenvalue weighted by Crippen LogP contribution is 2.30. The summed E-state index contributed by atoms with van der Waals surface area (Å²) in [6.45, 7) is 2.45. The van der Waals surface area contributed by atoms with Gasteiger partial charge in [-0.3, -0.25) is 9.59 Å². The van der Waals surface area contributed by atoms with Crippen molar-refractivity contribution in [3.05, 3.63) is 60.0 Å². The largest absolute Gasteiger partial charge is 0.361 e. The van der Waals surface area contributed by atoms with Crippen LogP contribution < -0.4 is 0 Å². The maximum atomic E-state index is 13.1. The Morgan fingerprint density at radius 2 is 2.03 bits per heavy atom. The Morgan fingerprint density at radius 1 is 1.19 bits per heavy atom. The molecule has 5 rings (SSSR count). The van der Waals surface area contributed by atoms with Gasteiger partial charge in [0.15, 0.2) is 5.65 Å². The number of morpholine rings is 1. The average Bonchev–Trinajstić information content (AvgIpc) is 3.39. The second kappa shape index (κ2) is 7.77. The average molecular weight is 419 g/mol. The van der Waals surface area contributed by atoms with Crippen LogP contribution in [0.5, 0.6) is 0 Å². The second-order valence-corrected chi connectivity index (χ2v) is 8.44. The third kappa shape index (κ3) is 3.79. The SMILES string of the molecule is CN1CC2(CCN(C(=O)c3cnc4c(c3)ncn4CCc3ccccc3)C2)OCC1=O. The van der Waals surface area contributed by atoms with Gasteiger partial charge in [-0.2, -0.15) is 0 Å². The molecule has 31 heavy (non-hydrogen) atoms. The molecule has 0 bridgehead atoms. The van der Waals surface area contributed by atoms with E-state index in [2.05, 4.69) is 22.1 Å². The van der Waals surface area contributed by atoms with Crippen LogP contribution in [0.3, 0.4) is 0 Å². The van der Waals surface area contributed by atoms with E-state index in [0.29, 0.717) is 30.7 Å². The lowest BCUT2D eigenvalue weighted by molar-refractivity contribution is -0.158. The highest BCUT2D eigenvalue weighted by molar-refractivity contribution is 5.96. The molecule has 8 nitrogen and oxygen atoms in total. The molecule has 2 aliphatic rings. The molecule has 8 heteroatoms. The molecule has 2 aliphatic heterocycles. The Bertz CT molecular complexity index is 1130. The number of hydrogen-bond donors (Lipinski definition) is 0. The number of nitrogens with zero attached hydrogens (tertiary/aromatic N) is 5. The molecule has 2 amide bonds. The zero-order valence-electron chi connectivity index (χ0n) is 17.5. The van der Waals surface area contributed by atoms with Gasteiger partial charge in [0.25, 0.3) is 5.91 Å². The molecule has 160 valence electrons. The van der Waals surface area contributed by atoms with Crippen LogP contribution in [0.15, 0.2) is 48.9 Å². The number of carbonyl (C=O) groups is 2. The first-order valence-electron chi connectivity index (χ1n) is 10.6. The van der Waals surface area contributed by atoms with Crippen molar-refractivity contribution in [1.29, 1.82) is 0 Å². The third-order valence-corrected chi connectivity index (χ3v) is 6.24. The van der Waals surface area contributed by atoms with Gasteiger partial charge in [-0.1, -0.05) is 30.3 Å². The summed E-state index contributed by atoms with van der Waals surface area (Å²) < 4.78 is 7.86. The number of likely N-dealkylation sites (tertiary alicyclic amines) is 1. The zero-order valence-corrected chi connectivity index (χ0v) is 17.5. The van der Waals surface area contributed by atoms with Crippen LogP contribution in [-0.2, 0) is 22.5 Å². The van der Waals surface area contributed by atoms with E-state index in [1.807, 2.05) is 28.8 Å². The van der Waals surface area contributed by atoms with Crippen molar-refractivity contribution < 1.29 is 14.3 Å². The quantitative estimate of drug-likeness (QED) is 0.644. The predicted molar refractivity (Wildman–Crippen MR) is 115 cm³/mol. The lowest BCUT2D eigenvalue weighted by Gasteiger charge is -2.38. The highest BCUT2D eigenvalue weighted by Gasteiger charge is 2.45. The van der Waals surface area contributed by atoms with Gasteiger partial charge in [0.05, 0.1) is 25.0 Å². The van der Waals surface area contributed by atoms with Crippen LogP contribution in [0.2, 0.25) is 0 Å². The Labute approximate surface area is 180 Å². The standard InChI is InChI=1S/C23H25N5O3/c1-26-14-23(31-13-20(26)29)8-10-27(15-23)22(30)18-11-19-21(24-12-18)28(16-25-19)9-7-17-5-3-2-4-6-17/h2-6,11-12,16H,7-10,13-15H2,1H3. The van der Waals surface area contributed by atoms with Crippen molar-refractivity contribution in [2.24, 2.45) is 0 Å². The fourth-order valence-electron chi connectivity index (χ4n) is 4.46. The number of benzene rings is 1. The monoisotopic (exact) mass is 419 g/mol. The number of likely N-dealkylation sites (N-methyl/N-ethyl adjacent to an activating group) is 1. The van der Waals surface area contributed by atoms with E-state index in [-0.39, 0.29) is 18.4 Å². The summed E-state index contributed by atoms with van der Waals surface area (Å²) in [5.74, 6) is -0.0961. The molecule has 1 atom stereocenters. The smallest absolute Gasteiger partial charge is 0.255 e. The van der Waals surface area contributed by atoms with Crippen LogP contribution in [0, 0.1) is 0 Å². The van der Waals surface area contributed by atoms with Crippen molar-refractivity contribution in [3.8, 4) is 0 Å². The van der Waals surface area contributed by atoms with E-state index in [1.54, 1.807) is 29.4 Å². The van der Waals surface area contributed by atoms with Crippen LogP contribution in [-0.4, -0.2) is 75.0 Å². The minimum Gasteiger partial charge on any atom is -0.361 e. The molecular weight excluding hydrogens is 394 g/mol. The van der Waals surface area contributed by atoms with Crippen LogP contribution in [0.25, 0.3) is 11.2 Å². The Balaban J connectivity index is 1.28. The Morgan fingerprint density at radius 3 is 2.84 bits per heavy atom. The summed E-state index contributed by atoms with van der Waals surface area (Å²) in [6, 6.07) is 12.1. The molecule has 2 aromatic heterocycles. The van der Waals surface area contributed by atoms with E-state index >= 15 is 0 Å². The number of pyridine rings is 1. The van der Waals surface area contributed by atoms with Crippen molar-refractivity contribution >= 4 is 23.0 Å². The number of rotatable bonds is 4. The molecule has 4 heterocycles. The van der Waals surface area contributed by atoms with Gasteiger partial charge in [-0.25, -0.2) is 9.97 Å². The van der Waals surface area contributed by atoms with Crippen LogP contribution >= 0.6 is 0 Å². The first-order chi connectivity index (χ1) is 15.0. The molecule has 2 fully saturated rings. The number of aryl methyl sites for hydroxylation is 2. The van der Waals surface area contributed by atoms with Crippen LogP contribution in [0.1, 0.15) is 22.3 Å². The molecule has 1 aromatic carbocycles. The van der Waals surface area contributed by atoms with Gasteiger partial charge in [0.1, 0.15) is 17.7 Å². The summed E-state index contributed by atoms with van der Waals surface area (Å²) in [4.78, 5) is 37.3. The maximum Gasteiger partial charge on any atom is 0.255 e. The summed E-state index contributed by atoms with van der Waals surface area (Å²) in [7, 11) is 1.78. The molecular formula is C23H25N5O3. The van der Waals surface area contributed by atoms with Gasteiger partial charge in [0, 0.05) is 26.3 Å². The fourth-order valence-corrected chi connectivity index (χ4v) is 4.46. The molecule has 0 radical (unpaired) electrons. The summed E-state index contributed by atoms with van der Waals surface area (Å²) in [5, 5.41) is 0. The summed E-state index contributed by atoms with van der Waals surface area (Å²) in [5.41, 5.74) is 2.82. The summed E-state index contributed by atoms with van der Waals surface area (Å²) >= 11 is 0. The number of aromatic nitrogens is 3. The lowest BCUT2D eigenvalue weighted by Crippen LogP contribution is -2.54. The maximum absolute atomic E-state index is 13.1. The minimum atomic E-state index is -0.463. The lowest BCUT2D eigenvalue weighted by atomic mass is 10.0. The van der Waals surface area contributed by atoms with Gasteiger partial charge in [0.2, 0.25) is 5.91 Å². The Hall–Kier alpha value is -3.26. The molecule has 0 N–H and O–H groups in total. The van der Waals surface area contributed by atoms with E-state index in [1.165, 1.54) is 5.56 Å². The van der Waals surface area contributed by atoms with E-state index in [0.717, 1.165) is 25.0 Å².